The van der Waals surface area contributed by atoms with Gasteiger partial charge in [0.05, 0.1) is 25.9 Å². The lowest BCUT2D eigenvalue weighted by Gasteiger charge is -2.25. The summed E-state index contributed by atoms with van der Waals surface area (Å²) < 4.78 is 17.2. The number of rotatable bonds is 6. The summed E-state index contributed by atoms with van der Waals surface area (Å²) in [5, 5.41) is 3.48. The lowest BCUT2D eigenvalue weighted by Crippen LogP contribution is -2.41. The molecular formula is C23H36IN3O3. The van der Waals surface area contributed by atoms with E-state index >= 15 is 0 Å². The first-order valence-corrected chi connectivity index (χ1v) is 11.1. The lowest BCUT2D eigenvalue weighted by molar-refractivity contribution is -0.0390. The van der Waals surface area contributed by atoms with Crippen LogP contribution in [-0.4, -0.2) is 63.0 Å². The minimum atomic E-state index is 0. The van der Waals surface area contributed by atoms with Crippen molar-refractivity contribution >= 4 is 29.9 Å². The van der Waals surface area contributed by atoms with E-state index in [1.54, 1.807) is 0 Å². The molecule has 3 saturated heterocycles. The minimum absolute atomic E-state index is 0. The van der Waals surface area contributed by atoms with Crippen molar-refractivity contribution in [2.45, 2.75) is 51.9 Å². The van der Waals surface area contributed by atoms with Crippen molar-refractivity contribution < 1.29 is 14.2 Å². The van der Waals surface area contributed by atoms with E-state index in [9.17, 15) is 0 Å². The zero-order valence-corrected chi connectivity index (χ0v) is 20.4. The highest BCUT2D eigenvalue weighted by molar-refractivity contribution is 14.0. The van der Waals surface area contributed by atoms with E-state index in [-0.39, 0.29) is 24.0 Å². The van der Waals surface area contributed by atoms with Crippen LogP contribution in [0.4, 0.5) is 0 Å². The second kappa shape index (κ2) is 11.6. The maximum atomic E-state index is 6.07. The molecule has 1 aromatic carbocycles. The molecule has 3 heterocycles. The summed E-state index contributed by atoms with van der Waals surface area (Å²) in [7, 11) is 0. The van der Waals surface area contributed by atoms with Crippen LogP contribution in [0.1, 0.15) is 43.7 Å². The predicted molar refractivity (Wildman–Crippen MR) is 129 cm³/mol. The third kappa shape index (κ3) is 6.31. The Bertz CT molecular complexity index is 688. The van der Waals surface area contributed by atoms with Crippen LogP contribution in [0.2, 0.25) is 0 Å². The quantitative estimate of drug-likeness (QED) is 0.347. The van der Waals surface area contributed by atoms with Gasteiger partial charge < -0.3 is 24.4 Å². The van der Waals surface area contributed by atoms with Gasteiger partial charge in [-0.15, -0.1) is 24.0 Å². The fourth-order valence-corrected chi connectivity index (χ4v) is 4.55. The molecule has 7 heteroatoms. The van der Waals surface area contributed by atoms with E-state index in [0.717, 1.165) is 64.9 Å². The molecular weight excluding hydrogens is 493 g/mol. The summed E-state index contributed by atoms with van der Waals surface area (Å²) in [6.07, 6.45) is 4.71. The third-order valence-corrected chi connectivity index (χ3v) is 6.31. The van der Waals surface area contributed by atoms with Crippen LogP contribution in [0.15, 0.2) is 29.3 Å². The first-order chi connectivity index (χ1) is 14.3. The molecule has 0 aliphatic carbocycles. The standard InChI is InChI=1S/C23H35N3O3.HI/c1-2-24-22(26-10-8-23(17-26)9-13-28-18-23)25-15-19-4-3-5-20(14-19)16-29-21-6-11-27-12-7-21;/h3-5,14,21H,2,6-13,15-18H2,1H3,(H,24,25);1H. The monoisotopic (exact) mass is 529 g/mol. The number of aliphatic imine (C=N–C) groups is 1. The van der Waals surface area contributed by atoms with Crippen LogP contribution in [0.3, 0.4) is 0 Å². The van der Waals surface area contributed by atoms with Gasteiger partial charge in [0.1, 0.15) is 0 Å². The van der Waals surface area contributed by atoms with E-state index in [2.05, 4.69) is 41.4 Å². The normalized spacial score (nSPS) is 25.0. The number of nitrogens with one attached hydrogen (secondary N) is 1. The van der Waals surface area contributed by atoms with Crippen LogP contribution in [-0.2, 0) is 27.4 Å². The second-order valence-corrected chi connectivity index (χ2v) is 8.59. The number of hydrogen-bond donors (Lipinski definition) is 1. The van der Waals surface area contributed by atoms with E-state index in [1.165, 1.54) is 24.0 Å². The van der Waals surface area contributed by atoms with Crippen molar-refractivity contribution in [3.8, 4) is 0 Å². The highest BCUT2D eigenvalue weighted by Crippen LogP contribution is 2.38. The van der Waals surface area contributed by atoms with Gasteiger partial charge in [-0.05, 0) is 43.7 Å². The molecule has 1 spiro atoms. The molecule has 4 rings (SSSR count). The fourth-order valence-electron chi connectivity index (χ4n) is 4.55. The van der Waals surface area contributed by atoms with Crippen molar-refractivity contribution in [2.75, 3.05) is 46.1 Å². The molecule has 1 aromatic rings. The Morgan fingerprint density at radius 3 is 2.80 bits per heavy atom. The lowest BCUT2D eigenvalue weighted by atomic mass is 9.87. The van der Waals surface area contributed by atoms with Crippen LogP contribution in [0.5, 0.6) is 0 Å². The van der Waals surface area contributed by atoms with Gasteiger partial charge in [-0.3, -0.25) is 0 Å². The number of ether oxygens (including phenoxy) is 3. The first kappa shape index (κ1) is 23.8. The largest absolute Gasteiger partial charge is 0.381 e. The molecule has 1 unspecified atom stereocenters. The van der Waals surface area contributed by atoms with E-state index in [0.29, 0.717) is 24.7 Å². The average molecular weight is 529 g/mol. The number of halogens is 1. The van der Waals surface area contributed by atoms with Gasteiger partial charge in [0, 0.05) is 44.9 Å². The summed E-state index contributed by atoms with van der Waals surface area (Å²) in [4.78, 5) is 7.36. The van der Waals surface area contributed by atoms with Gasteiger partial charge in [-0.25, -0.2) is 4.99 Å². The number of guanidine groups is 1. The summed E-state index contributed by atoms with van der Waals surface area (Å²) in [5.41, 5.74) is 2.79. The highest BCUT2D eigenvalue weighted by atomic mass is 127. The molecule has 3 aliphatic rings. The maximum Gasteiger partial charge on any atom is 0.194 e. The zero-order valence-electron chi connectivity index (χ0n) is 18.1. The topological polar surface area (TPSA) is 55.3 Å². The number of likely N-dealkylation sites (tertiary alicyclic amines) is 1. The van der Waals surface area contributed by atoms with Crippen molar-refractivity contribution in [1.82, 2.24) is 10.2 Å². The van der Waals surface area contributed by atoms with Gasteiger partial charge in [0.25, 0.3) is 0 Å². The number of nitrogens with zero attached hydrogens (tertiary/aromatic N) is 2. The predicted octanol–water partition coefficient (Wildman–Crippen LogP) is 3.58. The molecule has 0 saturated carbocycles. The van der Waals surface area contributed by atoms with Gasteiger partial charge in [-0.2, -0.15) is 0 Å². The Morgan fingerprint density at radius 2 is 2.03 bits per heavy atom. The fraction of sp³-hybridized carbons (Fsp3) is 0.696. The zero-order chi connectivity index (χ0) is 19.9. The van der Waals surface area contributed by atoms with Gasteiger partial charge in [0.15, 0.2) is 5.96 Å². The molecule has 6 nitrogen and oxygen atoms in total. The van der Waals surface area contributed by atoms with Gasteiger partial charge >= 0.3 is 0 Å². The SMILES string of the molecule is CCNC(=NCc1cccc(COC2CCOCC2)c1)N1CCC2(CCOC2)C1.I. The van der Waals surface area contributed by atoms with Gasteiger partial charge in [0.2, 0.25) is 0 Å². The second-order valence-electron chi connectivity index (χ2n) is 8.59. The average Bonchev–Trinajstić information content (AvgIpc) is 3.40. The highest BCUT2D eigenvalue weighted by Gasteiger charge is 2.42. The van der Waals surface area contributed by atoms with Crippen LogP contribution in [0.25, 0.3) is 0 Å². The summed E-state index contributed by atoms with van der Waals surface area (Å²) >= 11 is 0. The Labute approximate surface area is 197 Å². The molecule has 0 radical (unpaired) electrons. The van der Waals surface area contributed by atoms with Crippen molar-refractivity contribution in [3.05, 3.63) is 35.4 Å². The van der Waals surface area contributed by atoms with Crippen molar-refractivity contribution in [2.24, 2.45) is 10.4 Å². The molecule has 1 atom stereocenters. The third-order valence-electron chi connectivity index (χ3n) is 6.31. The molecule has 3 fully saturated rings. The van der Waals surface area contributed by atoms with E-state index in [1.807, 2.05) is 0 Å². The van der Waals surface area contributed by atoms with Crippen LogP contribution in [0, 0.1) is 5.41 Å². The van der Waals surface area contributed by atoms with E-state index in [4.69, 9.17) is 19.2 Å². The molecule has 1 N–H and O–H groups in total. The Balaban J connectivity index is 0.00000256. The number of hydrogen-bond acceptors (Lipinski definition) is 4. The molecule has 0 amide bonds. The van der Waals surface area contributed by atoms with E-state index < -0.39 is 0 Å². The molecule has 0 bridgehead atoms. The summed E-state index contributed by atoms with van der Waals surface area (Å²) in [5.74, 6) is 1.03. The molecule has 168 valence electrons. The Kier molecular flexibility index (Phi) is 9.22. The van der Waals surface area contributed by atoms with Crippen LogP contribution < -0.4 is 5.32 Å². The van der Waals surface area contributed by atoms with Crippen LogP contribution >= 0.6 is 24.0 Å². The maximum absolute atomic E-state index is 6.07. The smallest absolute Gasteiger partial charge is 0.194 e. The first-order valence-electron chi connectivity index (χ1n) is 11.1. The Morgan fingerprint density at radius 1 is 1.20 bits per heavy atom. The molecule has 3 aliphatic heterocycles. The van der Waals surface area contributed by atoms with Crippen molar-refractivity contribution in [3.63, 3.8) is 0 Å². The van der Waals surface area contributed by atoms with Crippen molar-refractivity contribution in [1.29, 1.82) is 0 Å². The minimum Gasteiger partial charge on any atom is -0.381 e. The molecule has 0 aromatic heterocycles. The summed E-state index contributed by atoms with van der Waals surface area (Å²) in [6.45, 7) is 9.93. The molecule has 30 heavy (non-hydrogen) atoms. The Hall–Kier alpha value is -0.900. The number of benzene rings is 1. The van der Waals surface area contributed by atoms with Gasteiger partial charge in [-0.1, -0.05) is 24.3 Å². The summed E-state index contributed by atoms with van der Waals surface area (Å²) in [6, 6.07) is 8.63.